The molecule has 0 bridgehead atoms. The fourth-order valence-corrected chi connectivity index (χ4v) is 1.57. The molecule has 1 rings (SSSR count). The lowest BCUT2D eigenvalue weighted by molar-refractivity contribution is -0.139. The van der Waals surface area contributed by atoms with Crippen LogP contribution in [-0.2, 0) is 4.79 Å². The number of carbonyl (C=O) groups excluding carboxylic acids is 1. The summed E-state index contributed by atoms with van der Waals surface area (Å²) in [6.45, 7) is 3.39. The molecule has 0 saturated heterocycles. The zero-order valence-electron chi connectivity index (χ0n) is 10.4. The first-order chi connectivity index (χ1) is 8.45. The number of hydrogen-bond acceptors (Lipinski definition) is 2. The van der Waals surface area contributed by atoms with Crippen molar-refractivity contribution >= 4 is 11.9 Å². The van der Waals surface area contributed by atoms with Gasteiger partial charge < -0.3 is 10.4 Å². The van der Waals surface area contributed by atoms with Crippen LogP contribution in [0.25, 0.3) is 0 Å². The van der Waals surface area contributed by atoms with Gasteiger partial charge in [-0.05, 0) is 37.1 Å². The number of aryl methyl sites for hydroxylation is 1. The molecule has 1 atom stereocenters. The molecule has 1 aromatic carbocycles. The number of carboxylic acids is 1. The van der Waals surface area contributed by atoms with Gasteiger partial charge in [-0.3, -0.25) is 4.79 Å². The zero-order chi connectivity index (χ0) is 13.7. The molecule has 1 amide bonds. The van der Waals surface area contributed by atoms with E-state index in [9.17, 15) is 14.0 Å². The number of carboxylic acid groups (broad SMARTS) is 1. The number of rotatable bonds is 5. The molecule has 0 heterocycles. The van der Waals surface area contributed by atoms with Crippen molar-refractivity contribution in [1.29, 1.82) is 0 Å². The van der Waals surface area contributed by atoms with Gasteiger partial charge >= 0.3 is 5.97 Å². The Morgan fingerprint density at radius 1 is 1.44 bits per heavy atom. The molecule has 98 valence electrons. The third-order valence-corrected chi connectivity index (χ3v) is 2.60. The number of hydrogen-bond donors (Lipinski definition) is 2. The van der Waals surface area contributed by atoms with E-state index in [-0.39, 0.29) is 5.56 Å². The Balaban J connectivity index is 2.80. The Kier molecular flexibility index (Phi) is 4.83. The van der Waals surface area contributed by atoms with Gasteiger partial charge in [0, 0.05) is 5.56 Å². The highest BCUT2D eigenvalue weighted by atomic mass is 19.1. The highest BCUT2D eigenvalue weighted by Gasteiger charge is 2.19. The standard InChI is InChI=1S/C13H16FNO3/c1-3-4-11(13(17)18)15-12(16)9-5-6-10(14)8(2)7-9/h5-7,11H,3-4H2,1-2H3,(H,15,16)(H,17,18)/t11-/m0/s1. The van der Waals surface area contributed by atoms with E-state index >= 15 is 0 Å². The van der Waals surface area contributed by atoms with Gasteiger partial charge in [0.1, 0.15) is 11.9 Å². The Bertz CT molecular complexity index is 460. The predicted molar refractivity (Wildman–Crippen MR) is 64.9 cm³/mol. The fourth-order valence-electron chi connectivity index (χ4n) is 1.57. The largest absolute Gasteiger partial charge is 0.480 e. The number of aliphatic carboxylic acids is 1. The van der Waals surface area contributed by atoms with Crippen LogP contribution in [0.15, 0.2) is 18.2 Å². The SMILES string of the molecule is CCC[C@H](NC(=O)c1ccc(F)c(C)c1)C(=O)O. The van der Waals surface area contributed by atoms with E-state index in [1.165, 1.54) is 18.2 Å². The number of nitrogens with one attached hydrogen (secondary N) is 1. The summed E-state index contributed by atoms with van der Waals surface area (Å²) in [4.78, 5) is 22.7. The molecule has 0 saturated carbocycles. The molecular weight excluding hydrogens is 237 g/mol. The molecular formula is C13H16FNO3. The Morgan fingerprint density at radius 3 is 2.61 bits per heavy atom. The summed E-state index contributed by atoms with van der Waals surface area (Å²) in [6.07, 6.45) is 1.01. The minimum absolute atomic E-state index is 0.260. The van der Waals surface area contributed by atoms with E-state index in [1.54, 1.807) is 6.92 Å². The second kappa shape index (κ2) is 6.14. The molecule has 1 aromatic rings. The second-order valence-corrected chi connectivity index (χ2v) is 4.12. The van der Waals surface area contributed by atoms with E-state index in [2.05, 4.69) is 5.32 Å². The Labute approximate surface area is 105 Å². The molecule has 5 heteroatoms. The van der Waals surface area contributed by atoms with Crippen LogP contribution < -0.4 is 5.32 Å². The summed E-state index contributed by atoms with van der Waals surface area (Å²) in [7, 11) is 0. The van der Waals surface area contributed by atoms with Crippen molar-refractivity contribution < 1.29 is 19.1 Å². The normalized spacial score (nSPS) is 11.9. The number of benzene rings is 1. The van der Waals surface area contributed by atoms with Crippen molar-refractivity contribution in [3.05, 3.63) is 35.1 Å². The maximum absolute atomic E-state index is 13.0. The van der Waals surface area contributed by atoms with Gasteiger partial charge in [0.05, 0.1) is 0 Å². The minimum Gasteiger partial charge on any atom is -0.480 e. The van der Waals surface area contributed by atoms with Crippen molar-refractivity contribution in [3.8, 4) is 0 Å². The van der Waals surface area contributed by atoms with Crippen molar-refractivity contribution in [1.82, 2.24) is 5.32 Å². The molecule has 4 nitrogen and oxygen atoms in total. The molecule has 0 unspecified atom stereocenters. The second-order valence-electron chi connectivity index (χ2n) is 4.12. The lowest BCUT2D eigenvalue weighted by atomic mass is 10.1. The molecule has 0 aliphatic carbocycles. The molecule has 0 radical (unpaired) electrons. The maximum Gasteiger partial charge on any atom is 0.326 e. The van der Waals surface area contributed by atoms with E-state index in [4.69, 9.17) is 5.11 Å². The first kappa shape index (κ1) is 14.2. The summed E-state index contributed by atoms with van der Waals surface area (Å²) in [6, 6.07) is 3.02. The molecule has 0 aromatic heterocycles. The fraction of sp³-hybridized carbons (Fsp3) is 0.385. The summed E-state index contributed by atoms with van der Waals surface area (Å²) in [5, 5.41) is 11.3. The van der Waals surface area contributed by atoms with Crippen LogP contribution in [0.5, 0.6) is 0 Å². The highest BCUT2D eigenvalue weighted by Crippen LogP contribution is 2.10. The first-order valence-electron chi connectivity index (χ1n) is 5.75. The summed E-state index contributed by atoms with van der Waals surface area (Å²) in [5.74, 6) is -1.96. The maximum atomic E-state index is 13.0. The molecule has 0 fully saturated rings. The van der Waals surface area contributed by atoms with Crippen LogP contribution in [0.4, 0.5) is 4.39 Å². The Hall–Kier alpha value is -1.91. The highest BCUT2D eigenvalue weighted by molar-refractivity contribution is 5.96. The lowest BCUT2D eigenvalue weighted by Crippen LogP contribution is -2.40. The van der Waals surface area contributed by atoms with Crippen LogP contribution in [-0.4, -0.2) is 23.0 Å². The average Bonchev–Trinajstić information content (AvgIpc) is 2.31. The monoisotopic (exact) mass is 253 g/mol. The van der Waals surface area contributed by atoms with Crippen molar-refractivity contribution in [2.75, 3.05) is 0 Å². The lowest BCUT2D eigenvalue weighted by Gasteiger charge is -2.13. The van der Waals surface area contributed by atoms with Gasteiger partial charge in [-0.2, -0.15) is 0 Å². The number of carbonyl (C=O) groups is 2. The molecule has 0 spiro atoms. The van der Waals surface area contributed by atoms with Gasteiger partial charge in [-0.15, -0.1) is 0 Å². The topological polar surface area (TPSA) is 66.4 Å². The molecule has 18 heavy (non-hydrogen) atoms. The number of halogens is 1. The average molecular weight is 253 g/mol. The van der Waals surface area contributed by atoms with E-state index in [0.717, 1.165) is 0 Å². The van der Waals surface area contributed by atoms with Gasteiger partial charge in [0.2, 0.25) is 0 Å². The van der Waals surface area contributed by atoms with Crippen LogP contribution >= 0.6 is 0 Å². The molecule has 0 aliphatic rings. The zero-order valence-corrected chi connectivity index (χ0v) is 10.4. The van der Waals surface area contributed by atoms with Gasteiger partial charge in [0.25, 0.3) is 5.91 Å². The van der Waals surface area contributed by atoms with Crippen molar-refractivity contribution in [3.63, 3.8) is 0 Å². The summed E-state index contributed by atoms with van der Waals surface area (Å²) >= 11 is 0. The quantitative estimate of drug-likeness (QED) is 0.844. The smallest absolute Gasteiger partial charge is 0.326 e. The van der Waals surface area contributed by atoms with E-state index in [1.807, 2.05) is 6.92 Å². The molecule has 0 aliphatic heterocycles. The van der Waals surface area contributed by atoms with E-state index < -0.39 is 23.7 Å². The van der Waals surface area contributed by atoms with Gasteiger partial charge in [0.15, 0.2) is 0 Å². The predicted octanol–water partition coefficient (Wildman–Crippen LogP) is 2.12. The van der Waals surface area contributed by atoms with Crippen LogP contribution in [0.1, 0.15) is 35.7 Å². The first-order valence-corrected chi connectivity index (χ1v) is 5.75. The van der Waals surface area contributed by atoms with Crippen molar-refractivity contribution in [2.45, 2.75) is 32.7 Å². The van der Waals surface area contributed by atoms with Crippen LogP contribution in [0.3, 0.4) is 0 Å². The number of amides is 1. The summed E-state index contributed by atoms with van der Waals surface area (Å²) < 4.78 is 13.0. The van der Waals surface area contributed by atoms with Gasteiger partial charge in [-0.25, -0.2) is 9.18 Å². The van der Waals surface area contributed by atoms with Crippen molar-refractivity contribution in [2.24, 2.45) is 0 Å². The third kappa shape index (κ3) is 3.55. The van der Waals surface area contributed by atoms with Crippen LogP contribution in [0.2, 0.25) is 0 Å². The summed E-state index contributed by atoms with van der Waals surface area (Å²) in [5.41, 5.74) is 0.612. The van der Waals surface area contributed by atoms with Crippen LogP contribution in [0, 0.1) is 12.7 Å². The minimum atomic E-state index is -1.07. The molecule has 2 N–H and O–H groups in total. The Morgan fingerprint density at radius 2 is 2.11 bits per heavy atom. The third-order valence-electron chi connectivity index (χ3n) is 2.60. The van der Waals surface area contributed by atoms with Gasteiger partial charge in [-0.1, -0.05) is 13.3 Å². The van der Waals surface area contributed by atoms with E-state index in [0.29, 0.717) is 18.4 Å².